The molecule has 0 aliphatic rings. The zero-order valence-corrected chi connectivity index (χ0v) is 21.1. The van der Waals surface area contributed by atoms with E-state index >= 15 is 0 Å². The molecule has 0 aliphatic carbocycles. The van der Waals surface area contributed by atoms with Crippen LogP contribution in [0.4, 0.5) is 5.69 Å². The maximum Gasteiger partial charge on any atom is 0.287 e. The predicted octanol–water partition coefficient (Wildman–Crippen LogP) is 4.92. The third kappa shape index (κ3) is 7.28. The summed E-state index contributed by atoms with van der Waals surface area (Å²) in [6, 6.07) is 21.2. The third-order valence-electron chi connectivity index (χ3n) is 5.21. The quantitative estimate of drug-likeness (QED) is 0.206. The fourth-order valence-corrected chi connectivity index (χ4v) is 3.70. The van der Waals surface area contributed by atoms with Gasteiger partial charge in [-0.2, -0.15) is 5.10 Å². The largest absolute Gasteiger partial charge is 0.507 e. The normalized spacial score (nSPS) is 11.3. The average molecular weight is 535 g/mol. The van der Waals surface area contributed by atoms with Crippen LogP contribution in [0.1, 0.15) is 35.3 Å². The van der Waals surface area contributed by atoms with Crippen molar-refractivity contribution in [1.29, 1.82) is 0 Å². The summed E-state index contributed by atoms with van der Waals surface area (Å²) in [5, 5.41) is 16.3. The number of amides is 2. The molecule has 0 radical (unpaired) electrons. The van der Waals surface area contributed by atoms with Gasteiger partial charge in [0.15, 0.2) is 0 Å². The lowest BCUT2D eigenvalue weighted by molar-refractivity contribution is -0.117. The lowest BCUT2D eigenvalue weighted by Crippen LogP contribution is -2.32. The Labute approximate surface area is 213 Å². The minimum absolute atomic E-state index is 0.0541. The highest BCUT2D eigenvalue weighted by Gasteiger charge is 2.14. The van der Waals surface area contributed by atoms with Gasteiger partial charge in [0.1, 0.15) is 11.4 Å². The van der Waals surface area contributed by atoms with Crippen molar-refractivity contribution in [2.24, 2.45) is 5.10 Å². The first kappa shape index (κ1) is 25.7. The summed E-state index contributed by atoms with van der Waals surface area (Å²) < 4.78 is 0.511. The van der Waals surface area contributed by atoms with Crippen LogP contribution in [0.2, 0.25) is 0 Å². The molecule has 3 rings (SSSR count). The number of phenols is 1. The van der Waals surface area contributed by atoms with Gasteiger partial charge in [-0.15, -0.1) is 0 Å². The van der Waals surface area contributed by atoms with Gasteiger partial charge in [0.25, 0.3) is 11.8 Å². The molecule has 35 heavy (non-hydrogen) atoms. The van der Waals surface area contributed by atoms with Crippen LogP contribution in [-0.2, 0) is 4.79 Å². The Hall–Kier alpha value is -3.91. The summed E-state index contributed by atoms with van der Waals surface area (Å²) in [7, 11) is 0. The van der Waals surface area contributed by atoms with E-state index in [-0.39, 0.29) is 11.4 Å². The van der Waals surface area contributed by atoms with Gasteiger partial charge < -0.3 is 15.3 Å². The molecule has 0 unspecified atom stereocenters. The Balaban J connectivity index is 1.82. The number of halogens is 1. The number of hydrogen-bond acceptors (Lipinski definition) is 5. The molecule has 0 heterocycles. The van der Waals surface area contributed by atoms with Crippen LogP contribution in [0, 0.1) is 0 Å². The maximum atomic E-state index is 12.9. The molecule has 3 aromatic rings. The molecule has 3 N–H and O–H groups in total. The van der Waals surface area contributed by atoms with E-state index in [4.69, 9.17) is 0 Å². The van der Waals surface area contributed by atoms with Crippen molar-refractivity contribution in [1.82, 2.24) is 10.7 Å². The second-order valence-corrected chi connectivity index (χ2v) is 8.41. The molecular formula is C27H27BrN4O3. The summed E-state index contributed by atoms with van der Waals surface area (Å²) >= 11 is 3.24. The third-order valence-corrected chi connectivity index (χ3v) is 5.85. The maximum absolute atomic E-state index is 12.9. The molecular weight excluding hydrogens is 508 g/mol. The van der Waals surface area contributed by atoms with E-state index in [0.29, 0.717) is 15.6 Å². The number of hydrogen-bond donors (Lipinski definition) is 3. The lowest BCUT2D eigenvalue weighted by Gasteiger charge is -2.20. The van der Waals surface area contributed by atoms with Crippen LogP contribution in [-0.4, -0.2) is 36.2 Å². The molecule has 0 aliphatic heterocycles. The SMILES string of the molecule is CCN(CC)c1ccc(/C=C(/NC(=O)c2ccccc2)C(=O)NN=Cc2ccc(O)c(Br)c2)cc1. The minimum Gasteiger partial charge on any atom is -0.507 e. The smallest absolute Gasteiger partial charge is 0.287 e. The first-order valence-corrected chi connectivity index (χ1v) is 12.0. The van der Waals surface area contributed by atoms with Crippen molar-refractivity contribution >= 4 is 45.7 Å². The van der Waals surface area contributed by atoms with Gasteiger partial charge in [-0.1, -0.05) is 30.3 Å². The fourth-order valence-electron chi connectivity index (χ4n) is 3.31. The molecule has 180 valence electrons. The number of aromatic hydroxyl groups is 1. The first-order chi connectivity index (χ1) is 16.9. The highest BCUT2D eigenvalue weighted by atomic mass is 79.9. The Morgan fingerprint density at radius 2 is 1.63 bits per heavy atom. The number of hydrazone groups is 1. The molecule has 2 amide bonds. The Morgan fingerprint density at radius 1 is 0.971 bits per heavy atom. The molecule has 7 nitrogen and oxygen atoms in total. The second-order valence-electron chi connectivity index (χ2n) is 7.55. The Bertz CT molecular complexity index is 1220. The van der Waals surface area contributed by atoms with Crippen LogP contribution in [0.25, 0.3) is 6.08 Å². The summed E-state index contributed by atoms with van der Waals surface area (Å²) in [4.78, 5) is 27.9. The number of phenolic OH excluding ortho intramolecular Hbond substituents is 1. The van der Waals surface area contributed by atoms with Gasteiger partial charge in [-0.3, -0.25) is 9.59 Å². The number of nitrogens with zero attached hydrogens (tertiary/aromatic N) is 2. The van der Waals surface area contributed by atoms with E-state index in [9.17, 15) is 14.7 Å². The average Bonchev–Trinajstić information content (AvgIpc) is 2.88. The molecule has 0 fully saturated rings. The van der Waals surface area contributed by atoms with Gasteiger partial charge >= 0.3 is 0 Å². The van der Waals surface area contributed by atoms with Gasteiger partial charge in [0, 0.05) is 24.3 Å². The first-order valence-electron chi connectivity index (χ1n) is 11.2. The molecule has 0 bridgehead atoms. The summed E-state index contributed by atoms with van der Waals surface area (Å²) in [5.41, 5.74) is 5.44. The topological polar surface area (TPSA) is 94.0 Å². The van der Waals surface area contributed by atoms with Crippen molar-refractivity contribution in [3.05, 3.63) is 99.7 Å². The van der Waals surface area contributed by atoms with Crippen molar-refractivity contribution in [2.45, 2.75) is 13.8 Å². The number of benzene rings is 3. The van der Waals surface area contributed by atoms with Crippen LogP contribution in [0.3, 0.4) is 0 Å². The lowest BCUT2D eigenvalue weighted by atomic mass is 10.1. The molecule has 8 heteroatoms. The fraction of sp³-hybridized carbons (Fsp3) is 0.148. The number of rotatable bonds is 9. The molecule has 3 aromatic carbocycles. The molecule has 0 saturated heterocycles. The predicted molar refractivity (Wildman–Crippen MR) is 143 cm³/mol. The Kier molecular flexibility index (Phi) is 9.20. The van der Waals surface area contributed by atoms with Gasteiger partial charge in [-0.05, 0) is 89.4 Å². The minimum atomic E-state index is -0.573. The number of carbonyl (C=O) groups excluding carboxylic acids is 2. The number of nitrogens with one attached hydrogen (secondary N) is 2. The van der Waals surface area contributed by atoms with Crippen molar-refractivity contribution in [3.8, 4) is 5.75 Å². The standard InChI is InChI=1S/C27H27BrN4O3/c1-3-32(4-2)22-13-10-19(11-14-22)17-24(30-26(34)21-8-6-5-7-9-21)27(35)31-29-18-20-12-15-25(33)23(28)16-20/h5-18,33H,3-4H2,1-2H3,(H,30,34)(H,31,35)/b24-17+,29-18?. The van der Waals surface area contributed by atoms with Crippen molar-refractivity contribution in [2.75, 3.05) is 18.0 Å². The van der Waals surface area contributed by atoms with E-state index < -0.39 is 11.8 Å². The van der Waals surface area contributed by atoms with Crippen LogP contribution in [0.5, 0.6) is 5.75 Å². The zero-order valence-electron chi connectivity index (χ0n) is 19.5. The van der Waals surface area contributed by atoms with E-state index in [0.717, 1.165) is 24.3 Å². The summed E-state index contributed by atoms with van der Waals surface area (Å²) in [5.74, 6) is -0.874. The summed E-state index contributed by atoms with van der Waals surface area (Å²) in [6.07, 6.45) is 3.05. The second kappa shape index (κ2) is 12.5. The van der Waals surface area contributed by atoms with Crippen molar-refractivity contribution in [3.63, 3.8) is 0 Å². The number of carbonyl (C=O) groups is 2. The van der Waals surface area contributed by atoms with Gasteiger partial charge in [0.05, 0.1) is 10.7 Å². The zero-order chi connectivity index (χ0) is 25.2. The van der Waals surface area contributed by atoms with Crippen LogP contribution in [0.15, 0.2) is 88.1 Å². The van der Waals surface area contributed by atoms with Crippen LogP contribution >= 0.6 is 15.9 Å². The molecule has 0 atom stereocenters. The highest BCUT2D eigenvalue weighted by Crippen LogP contribution is 2.23. The molecule has 0 spiro atoms. The van der Waals surface area contributed by atoms with E-state index in [1.165, 1.54) is 12.3 Å². The van der Waals surface area contributed by atoms with Gasteiger partial charge in [-0.25, -0.2) is 5.43 Å². The summed E-state index contributed by atoms with van der Waals surface area (Å²) in [6.45, 7) is 5.97. The van der Waals surface area contributed by atoms with E-state index in [1.807, 2.05) is 30.3 Å². The molecule has 0 saturated carbocycles. The van der Waals surface area contributed by atoms with Crippen LogP contribution < -0.4 is 15.6 Å². The van der Waals surface area contributed by atoms with E-state index in [1.54, 1.807) is 42.5 Å². The highest BCUT2D eigenvalue weighted by molar-refractivity contribution is 9.10. The van der Waals surface area contributed by atoms with E-state index in [2.05, 4.69) is 50.5 Å². The monoisotopic (exact) mass is 534 g/mol. The van der Waals surface area contributed by atoms with Gasteiger partial charge in [0.2, 0.25) is 0 Å². The molecule has 0 aromatic heterocycles. The number of anilines is 1. The Morgan fingerprint density at radius 3 is 2.26 bits per heavy atom. The van der Waals surface area contributed by atoms with Crippen molar-refractivity contribution < 1.29 is 14.7 Å².